The number of carbonyl (C=O) groups excluding carboxylic acids is 2. The Morgan fingerprint density at radius 1 is 1.34 bits per heavy atom. The van der Waals surface area contributed by atoms with Gasteiger partial charge in [-0.15, -0.1) is 11.3 Å². The van der Waals surface area contributed by atoms with Crippen LogP contribution in [0.25, 0.3) is 10.9 Å². The number of aliphatic hydroxyl groups is 1. The average Bonchev–Trinajstić information content (AvgIpc) is 3.16. The summed E-state index contributed by atoms with van der Waals surface area (Å²) in [5.74, 6) is -0.952. The summed E-state index contributed by atoms with van der Waals surface area (Å²) in [4.78, 5) is 41.5. The number of thioether (sulfide) groups is 1. The number of anilines is 1. The third kappa shape index (κ3) is 4.66. The maximum Gasteiger partial charge on any atom is 0.262 e. The van der Waals surface area contributed by atoms with Crippen LogP contribution in [-0.4, -0.2) is 38.3 Å². The monoisotopic (exact) mass is 432 g/mol. The lowest BCUT2D eigenvalue weighted by Gasteiger charge is -2.16. The maximum atomic E-state index is 12.9. The zero-order valence-corrected chi connectivity index (χ0v) is 17.3. The third-order valence-corrected chi connectivity index (χ3v) is 6.11. The molecule has 2 heterocycles. The van der Waals surface area contributed by atoms with Crippen molar-refractivity contribution in [2.24, 2.45) is 5.73 Å². The molecule has 0 bridgehead atoms. The van der Waals surface area contributed by atoms with Gasteiger partial charge in [0.1, 0.15) is 5.00 Å². The number of nitrogens with zero attached hydrogens (tertiary/aromatic N) is 2. The molecule has 0 aliphatic carbocycles. The molecule has 3 rings (SSSR count). The molecule has 0 aliphatic heterocycles. The first-order chi connectivity index (χ1) is 13.9. The largest absolute Gasteiger partial charge is 0.396 e. The zero-order valence-electron chi connectivity index (χ0n) is 15.6. The van der Waals surface area contributed by atoms with Gasteiger partial charge in [0.2, 0.25) is 5.91 Å². The predicted octanol–water partition coefficient (Wildman–Crippen LogP) is 2.06. The van der Waals surface area contributed by atoms with Crippen molar-refractivity contribution in [1.82, 2.24) is 9.55 Å². The number of amides is 2. The summed E-state index contributed by atoms with van der Waals surface area (Å²) in [5.41, 5.74) is 5.90. The second-order valence-electron chi connectivity index (χ2n) is 6.22. The Bertz CT molecular complexity index is 1110. The van der Waals surface area contributed by atoms with Crippen LogP contribution >= 0.6 is 23.1 Å². The average molecular weight is 433 g/mol. The van der Waals surface area contributed by atoms with E-state index in [9.17, 15) is 14.4 Å². The Kier molecular flexibility index (Phi) is 6.68. The van der Waals surface area contributed by atoms with Gasteiger partial charge in [-0.1, -0.05) is 23.9 Å². The number of thiophene rings is 1. The van der Waals surface area contributed by atoms with Gasteiger partial charge in [0, 0.05) is 13.2 Å². The molecule has 0 unspecified atom stereocenters. The summed E-state index contributed by atoms with van der Waals surface area (Å²) in [5, 5.41) is 14.2. The number of benzene rings is 1. The van der Waals surface area contributed by atoms with Gasteiger partial charge in [-0.2, -0.15) is 0 Å². The highest BCUT2D eigenvalue weighted by atomic mass is 32.2. The molecule has 0 spiro atoms. The second kappa shape index (κ2) is 9.21. The number of fused-ring (bicyclic) bond motifs is 1. The first-order valence-corrected chi connectivity index (χ1v) is 10.6. The Hall–Kier alpha value is -2.69. The van der Waals surface area contributed by atoms with Crippen LogP contribution in [0.1, 0.15) is 23.7 Å². The summed E-state index contributed by atoms with van der Waals surface area (Å²) in [6.07, 6.45) is 0.394. The van der Waals surface area contributed by atoms with Crippen molar-refractivity contribution in [2.45, 2.75) is 30.3 Å². The third-order valence-electron chi connectivity index (χ3n) is 4.19. The molecular weight excluding hydrogens is 412 g/mol. The first kappa shape index (κ1) is 21.0. The van der Waals surface area contributed by atoms with Crippen molar-refractivity contribution in [3.05, 3.63) is 51.6 Å². The normalized spacial score (nSPS) is 12.1. The fourth-order valence-corrected chi connectivity index (χ4v) is 4.42. The van der Waals surface area contributed by atoms with Crippen LogP contribution in [0.4, 0.5) is 5.00 Å². The van der Waals surface area contributed by atoms with E-state index in [1.54, 1.807) is 42.6 Å². The molecule has 8 nitrogen and oxygen atoms in total. The van der Waals surface area contributed by atoms with Crippen LogP contribution in [0.2, 0.25) is 0 Å². The molecule has 2 amide bonds. The lowest BCUT2D eigenvalue weighted by Crippen LogP contribution is -2.27. The van der Waals surface area contributed by atoms with Crippen molar-refractivity contribution in [2.75, 3.05) is 11.9 Å². The molecule has 152 valence electrons. The first-order valence-electron chi connectivity index (χ1n) is 8.87. The van der Waals surface area contributed by atoms with Crippen LogP contribution in [0, 0.1) is 0 Å². The van der Waals surface area contributed by atoms with E-state index in [-0.39, 0.29) is 23.6 Å². The molecule has 0 fully saturated rings. The van der Waals surface area contributed by atoms with E-state index in [0.29, 0.717) is 34.0 Å². The van der Waals surface area contributed by atoms with Crippen molar-refractivity contribution < 1.29 is 14.7 Å². The molecule has 4 N–H and O–H groups in total. The molecule has 0 radical (unpaired) electrons. The Morgan fingerprint density at radius 3 is 2.83 bits per heavy atom. The maximum absolute atomic E-state index is 12.9. The summed E-state index contributed by atoms with van der Waals surface area (Å²) in [6, 6.07) is 8.55. The van der Waals surface area contributed by atoms with E-state index in [2.05, 4.69) is 10.3 Å². The minimum Gasteiger partial charge on any atom is -0.396 e. The molecule has 0 aliphatic rings. The minimum absolute atomic E-state index is 0.0618. The second-order valence-corrected chi connectivity index (χ2v) is 8.45. The minimum atomic E-state index is -0.615. The van der Waals surface area contributed by atoms with E-state index >= 15 is 0 Å². The number of rotatable bonds is 8. The number of hydrogen-bond donors (Lipinski definition) is 3. The molecule has 0 saturated heterocycles. The van der Waals surface area contributed by atoms with Gasteiger partial charge in [0.05, 0.1) is 21.7 Å². The zero-order chi connectivity index (χ0) is 21.0. The molecular formula is C19H20N4O4S2. The number of primary amides is 1. The number of para-hydroxylation sites is 1. The van der Waals surface area contributed by atoms with E-state index in [0.717, 1.165) is 11.8 Å². The number of nitrogens with two attached hydrogens (primary N) is 1. The summed E-state index contributed by atoms with van der Waals surface area (Å²) >= 11 is 2.35. The quantitative estimate of drug-likeness (QED) is 0.369. The van der Waals surface area contributed by atoms with E-state index in [4.69, 9.17) is 10.8 Å². The van der Waals surface area contributed by atoms with Gasteiger partial charge < -0.3 is 16.2 Å². The van der Waals surface area contributed by atoms with E-state index < -0.39 is 11.2 Å². The van der Waals surface area contributed by atoms with Crippen LogP contribution < -0.4 is 16.6 Å². The van der Waals surface area contributed by atoms with Gasteiger partial charge in [0.15, 0.2) is 5.16 Å². The number of carbonyl (C=O) groups is 2. The predicted molar refractivity (Wildman–Crippen MR) is 114 cm³/mol. The molecule has 29 heavy (non-hydrogen) atoms. The van der Waals surface area contributed by atoms with Gasteiger partial charge in [-0.25, -0.2) is 4.98 Å². The topological polar surface area (TPSA) is 127 Å². The van der Waals surface area contributed by atoms with E-state index in [1.807, 2.05) is 0 Å². The summed E-state index contributed by atoms with van der Waals surface area (Å²) in [6.45, 7) is 1.92. The van der Waals surface area contributed by atoms with Crippen LogP contribution in [0.3, 0.4) is 0 Å². The van der Waals surface area contributed by atoms with Crippen LogP contribution in [-0.2, 0) is 11.3 Å². The number of hydrogen-bond acceptors (Lipinski definition) is 7. The molecule has 1 aromatic carbocycles. The van der Waals surface area contributed by atoms with E-state index in [1.165, 1.54) is 15.9 Å². The van der Waals surface area contributed by atoms with Gasteiger partial charge >= 0.3 is 0 Å². The van der Waals surface area contributed by atoms with Crippen molar-refractivity contribution in [3.8, 4) is 0 Å². The number of aromatic nitrogens is 2. The fraction of sp³-hybridized carbons (Fsp3) is 0.263. The van der Waals surface area contributed by atoms with Gasteiger partial charge in [0.25, 0.3) is 11.5 Å². The number of aliphatic hydroxyl groups excluding tert-OH is 1. The van der Waals surface area contributed by atoms with Gasteiger partial charge in [-0.3, -0.25) is 19.0 Å². The molecule has 0 saturated carbocycles. The molecule has 1 atom stereocenters. The fourth-order valence-electron chi connectivity index (χ4n) is 2.69. The summed E-state index contributed by atoms with van der Waals surface area (Å²) in [7, 11) is 0. The molecule has 10 heteroatoms. The Morgan fingerprint density at radius 2 is 2.10 bits per heavy atom. The van der Waals surface area contributed by atoms with Crippen molar-refractivity contribution in [3.63, 3.8) is 0 Å². The standard InChI is InChI=1S/C19H20N4O4S2/c1-11(16(26)22-17-13(15(20)25)7-10-28-17)29-19-21-14-6-3-2-5-12(14)18(27)23(19)8-4-9-24/h2-3,5-7,10-11,24H,4,8-9H2,1H3,(H2,20,25)(H,22,26)/t11-/m0/s1. The van der Waals surface area contributed by atoms with Crippen molar-refractivity contribution in [1.29, 1.82) is 0 Å². The SMILES string of the molecule is C[C@H](Sc1nc2ccccc2c(=O)n1CCCO)C(=O)Nc1sccc1C(N)=O. The highest BCUT2D eigenvalue weighted by Gasteiger charge is 2.21. The Balaban J connectivity index is 1.87. The lowest BCUT2D eigenvalue weighted by molar-refractivity contribution is -0.115. The highest BCUT2D eigenvalue weighted by molar-refractivity contribution is 8.00. The molecule has 3 aromatic rings. The molecule has 2 aromatic heterocycles. The number of nitrogens with one attached hydrogen (secondary N) is 1. The van der Waals surface area contributed by atoms with Crippen molar-refractivity contribution >= 4 is 50.8 Å². The van der Waals surface area contributed by atoms with Gasteiger partial charge in [-0.05, 0) is 36.9 Å². The van der Waals surface area contributed by atoms with Crippen LogP contribution in [0.15, 0.2) is 45.7 Å². The Labute approximate surface area is 174 Å². The highest BCUT2D eigenvalue weighted by Crippen LogP contribution is 2.27. The van der Waals surface area contributed by atoms with Crippen LogP contribution in [0.5, 0.6) is 0 Å². The lowest BCUT2D eigenvalue weighted by atomic mass is 10.2. The summed E-state index contributed by atoms with van der Waals surface area (Å²) < 4.78 is 1.48. The smallest absolute Gasteiger partial charge is 0.262 e.